The van der Waals surface area contributed by atoms with Gasteiger partial charge in [-0.1, -0.05) is 91.9 Å². The number of hydrogen-bond acceptors (Lipinski definition) is 24. The van der Waals surface area contributed by atoms with E-state index in [1.807, 2.05) is 0 Å². The van der Waals surface area contributed by atoms with Gasteiger partial charge in [-0.25, -0.2) is 4.79 Å². The van der Waals surface area contributed by atoms with Gasteiger partial charge in [0.25, 0.3) is 0 Å². The van der Waals surface area contributed by atoms with E-state index in [4.69, 9.17) is 42.6 Å². The van der Waals surface area contributed by atoms with Crippen molar-refractivity contribution in [3.63, 3.8) is 0 Å². The van der Waals surface area contributed by atoms with Crippen LogP contribution < -0.4 is 10.6 Å². The van der Waals surface area contributed by atoms with Crippen LogP contribution in [0.15, 0.2) is 0 Å². The summed E-state index contributed by atoms with van der Waals surface area (Å²) >= 11 is 0. The van der Waals surface area contributed by atoms with Gasteiger partial charge in [0.1, 0.15) is 48.2 Å². The smallest absolute Gasteiger partial charge is 0.407 e. The molecule has 554 valence electrons. The summed E-state index contributed by atoms with van der Waals surface area (Å²) in [6.07, 6.45) is 9.34. The Labute approximate surface area is 564 Å². The standard InChI is InChI=1S/C69H124N2O24/c1-48-59(80)62(83)53(45-72)93-65(48)89-39-21-29-51(75)27-15-9-5-6-11-17-32-57(78)87-42-24-34-69(4,35-25-43-88-58(79)33-18-12-8-13-19-37-70-56(77)31-23-41-91-67-50(3)61(82)64(85)55(47-74)95-67)36-26-44-92-68(86)71-38-20-14-7-10-16-28-52(76)30-22-40-90-66-49(2)60(81)63(84)54(46-73)94-66/h48-50,53-55,59-67,72-74,80-85H,5-47H2,1-4H3,(H,70,77)(H,71,86). The summed E-state index contributed by atoms with van der Waals surface area (Å²) in [5.74, 6) is -1.75. The SMILES string of the molecule is CC1C(OCCCC(=O)CCCCCCCCC(=O)OCCCC(C)(CCCOC(=O)CCCCCCCNC(=O)CCCOC2OC(CO)C(O)C(O)C2C)CCCOC(=O)NCCCCCCCC(=O)CCCOC2OC(CO)C(O)C(O)C2C)OC(CO)C(O)C1O. The minimum atomic E-state index is -1.20. The molecule has 3 fully saturated rings. The van der Waals surface area contributed by atoms with Crippen LogP contribution in [0.5, 0.6) is 0 Å². The molecule has 16 atom stereocenters. The molecule has 95 heavy (non-hydrogen) atoms. The molecule has 3 saturated heterocycles. The Bertz CT molecular complexity index is 1850. The zero-order chi connectivity index (χ0) is 69.8. The van der Waals surface area contributed by atoms with Gasteiger partial charge in [0.15, 0.2) is 18.9 Å². The van der Waals surface area contributed by atoms with Crippen LogP contribution in [-0.4, -0.2) is 228 Å². The van der Waals surface area contributed by atoms with E-state index in [-0.39, 0.29) is 80.9 Å². The van der Waals surface area contributed by atoms with Gasteiger partial charge in [-0.3, -0.25) is 24.0 Å². The molecule has 3 rings (SSSR count). The third kappa shape index (κ3) is 35.9. The molecule has 0 aromatic rings. The fourth-order valence-corrected chi connectivity index (χ4v) is 12.2. The van der Waals surface area contributed by atoms with Crippen molar-refractivity contribution >= 4 is 35.5 Å². The highest BCUT2D eigenvalue weighted by Crippen LogP contribution is 2.35. The van der Waals surface area contributed by atoms with Crippen molar-refractivity contribution in [2.45, 2.75) is 307 Å². The molecule has 0 aromatic heterocycles. The lowest BCUT2D eigenvalue weighted by molar-refractivity contribution is -0.282. The first kappa shape index (κ1) is 85.6. The number of hydrogen-bond donors (Lipinski definition) is 11. The number of aliphatic hydroxyl groups is 9. The minimum absolute atomic E-state index is 0.0970. The number of esters is 2. The third-order valence-electron chi connectivity index (χ3n) is 18.6. The van der Waals surface area contributed by atoms with Gasteiger partial charge < -0.3 is 99.2 Å². The van der Waals surface area contributed by atoms with Gasteiger partial charge in [0.2, 0.25) is 5.91 Å². The number of amides is 2. The van der Waals surface area contributed by atoms with E-state index in [0.717, 1.165) is 109 Å². The lowest BCUT2D eigenvalue weighted by atomic mass is 9.77. The fourth-order valence-electron chi connectivity index (χ4n) is 12.2. The normalized spacial score (nSPS) is 26.7. The molecule has 16 unspecified atom stereocenters. The molecule has 0 spiro atoms. The molecule has 3 heterocycles. The predicted molar refractivity (Wildman–Crippen MR) is 349 cm³/mol. The quantitative estimate of drug-likeness (QED) is 0.0194. The van der Waals surface area contributed by atoms with Crippen molar-refractivity contribution in [2.24, 2.45) is 23.2 Å². The van der Waals surface area contributed by atoms with Crippen LogP contribution in [0.2, 0.25) is 0 Å². The second-order valence-electron chi connectivity index (χ2n) is 26.8. The number of carbonyl (C=O) groups is 6. The van der Waals surface area contributed by atoms with Gasteiger partial charge in [-0.2, -0.15) is 0 Å². The number of ether oxygens (including phenoxy) is 9. The van der Waals surface area contributed by atoms with Gasteiger partial charge in [-0.15, -0.1) is 0 Å². The predicted octanol–water partition coefficient (Wildman–Crippen LogP) is 5.82. The maximum Gasteiger partial charge on any atom is 0.407 e. The average Bonchev–Trinajstić information content (AvgIpc) is 0.851. The van der Waals surface area contributed by atoms with Crippen LogP contribution in [0.1, 0.15) is 233 Å². The maximum absolute atomic E-state index is 12.7. The fraction of sp³-hybridized carbons (Fsp3) is 0.913. The average molecular weight is 1370 g/mol. The Morgan fingerprint density at radius 1 is 0.358 bits per heavy atom. The molecule has 0 saturated carbocycles. The van der Waals surface area contributed by atoms with Crippen molar-refractivity contribution in [2.75, 3.05) is 72.6 Å². The van der Waals surface area contributed by atoms with Crippen molar-refractivity contribution < 1.29 is 117 Å². The first-order valence-electron chi connectivity index (χ1n) is 35.9. The van der Waals surface area contributed by atoms with Gasteiger partial charge in [-0.05, 0) is 102 Å². The summed E-state index contributed by atoms with van der Waals surface area (Å²) < 4.78 is 50.6. The highest BCUT2D eigenvalue weighted by atomic mass is 16.7. The Morgan fingerprint density at radius 3 is 1.03 bits per heavy atom. The van der Waals surface area contributed by atoms with Crippen LogP contribution in [0, 0.1) is 23.2 Å². The van der Waals surface area contributed by atoms with Crippen LogP contribution in [-0.2, 0) is 66.6 Å². The van der Waals surface area contributed by atoms with E-state index in [0.29, 0.717) is 103 Å². The molecule has 2 amide bonds. The monoisotopic (exact) mass is 1360 g/mol. The number of unbranched alkanes of at least 4 members (excludes halogenated alkanes) is 13. The van der Waals surface area contributed by atoms with Crippen molar-refractivity contribution in [3.8, 4) is 0 Å². The molecular weight excluding hydrogens is 1240 g/mol. The molecule has 26 nitrogen and oxygen atoms in total. The topological polar surface area (TPSA) is 392 Å². The second-order valence-corrected chi connectivity index (χ2v) is 26.8. The zero-order valence-electron chi connectivity index (χ0n) is 57.7. The number of aliphatic hydroxyl groups excluding tert-OH is 9. The molecule has 0 radical (unpaired) electrons. The first-order valence-corrected chi connectivity index (χ1v) is 35.9. The van der Waals surface area contributed by atoms with Gasteiger partial charge >= 0.3 is 18.0 Å². The van der Waals surface area contributed by atoms with Gasteiger partial charge in [0, 0.05) is 75.8 Å². The van der Waals surface area contributed by atoms with E-state index in [1.165, 1.54) is 0 Å². The number of rotatable bonds is 55. The van der Waals surface area contributed by atoms with Crippen molar-refractivity contribution in [1.29, 1.82) is 0 Å². The number of alkyl carbamates (subject to hydrolysis) is 1. The van der Waals surface area contributed by atoms with Crippen molar-refractivity contribution in [3.05, 3.63) is 0 Å². The van der Waals surface area contributed by atoms with Crippen molar-refractivity contribution in [1.82, 2.24) is 10.6 Å². The molecule has 0 bridgehead atoms. The van der Waals surface area contributed by atoms with E-state index in [9.17, 15) is 74.7 Å². The second kappa shape index (κ2) is 50.7. The largest absolute Gasteiger partial charge is 0.466 e. The van der Waals surface area contributed by atoms with E-state index >= 15 is 0 Å². The maximum atomic E-state index is 12.7. The number of carbonyl (C=O) groups excluding carboxylic acids is 6. The summed E-state index contributed by atoms with van der Waals surface area (Å²) in [7, 11) is 0. The van der Waals surface area contributed by atoms with Crippen LogP contribution in [0.25, 0.3) is 0 Å². The minimum Gasteiger partial charge on any atom is -0.466 e. The van der Waals surface area contributed by atoms with E-state index in [1.54, 1.807) is 20.8 Å². The summed E-state index contributed by atoms with van der Waals surface area (Å²) in [5.41, 5.74) is -0.201. The highest BCUT2D eigenvalue weighted by molar-refractivity contribution is 5.78. The van der Waals surface area contributed by atoms with Crippen LogP contribution >= 0.6 is 0 Å². The summed E-state index contributed by atoms with van der Waals surface area (Å²) in [5, 5.41) is 94.7. The van der Waals surface area contributed by atoms with E-state index in [2.05, 4.69) is 17.6 Å². The Balaban J connectivity index is 1.26. The summed E-state index contributed by atoms with van der Waals surface area (Å²) in [4.78, 5) is 75.1. The Hall–Kier alpha value is -3.58. The van der Waals surface area contributed by atoms with E-state index < -0.39 is 117 Å². The Kier molecular flexibility index (Phi) is 45.7. The third-order valence-corrected chi connectivity index (χ3v) is 18.6. The van der Waals surface area contributed by atoms with Gasteiger partial charge in [0.05, 0.1) is 77.8 Å². The summed E-state index contributed by atoms with van der Waals surface area (Å²) in [6.45, 7) is 8.45. The van der Waals surface area contributed by atoms with Crippen LogP contribution in [0.3, 0.4) is 0 Å². The molecule has 3 aliphatic heterocycles. The molecular formula is C69H124N2O24. The zero-order valence-corrected chi connectivity index (χ0v) is 57.7. The first-order chi connectivity index (χ1) is 45.6. The molecule has 11 N–H and O–H groups in total. The highest BCUT2D eigenvalue weighted by Gasteiger charge is 2.45. The summed E-state index contributed by atoms with van der Waals surface area (Å²) in [6, 6.07) is 0. The number of nitrogens with one attached hydrogen (secondary N) is 2. The molecule has 0 aliphatic carbocycles. The lowest BCUT2D eigenvalue weighted by Gasteiger charge is -2.40. The Morgan fingerprint density at radius 2 is 0.663 bits per heavy atom. The molecule has 3 aliphatic rings. The number of ketones is 2. The molecule has 26 heteroatoms. The lowest BCUT2D eigenvalue weighted by Crippen LogP contribution is -2.55. The molecule has 0 aromatic carbocycles. The number of Topliss-reactive ketones (excluding diaryl/α,β-unsaturated/α-hetero) is 2. The van der Waals surface area contributed by atoms with Crippen LogP contribution in [0.4, 0.5) is 4.79 Å².